The van der Waals surface area contributed by atoms with Gasteiger partial charge in [0.15, 0.2) is 0 Å². The minimum atomic E-state index is -3.45. The molecular formula is C13H21N3O2S. The Kier molecular flexibility index (Phi) is 4.54. The Labute approximate surface area is 114 Å². The highest BCUT2D eigenvalue weighted by molar-refractivity contribution is 7.89. The van der Waals surface area contributed by atoms with E-state index in [0.717, 1.165) is 6.42 Å². The zero-order valence-electron chi connectivity index (χ0n) is 11.2. The van der Waals surface area contributed by atoms with Crippen LogP contribution in [0.1, 0.15) is 31.9 Å². The highest BCUT2D eigenvalue weighted by atomic mass is 32.2. The third kappa shape index (κ3) is 3.52. The van der Waals surface area contributed by atoms with Crippen LogP contribution in [0.3, 0.4) is 0 Å². The lowest BCUT2D eigenvalue weighted by molar-refractivity contribution is 0.414. The molecule has 0 amide bonds. The highest BCUT2D eigenvalue weighted by Crippen LogP contribution is 2.30. The summed E-state index contributed by atoms with van der Waals surface area (Å²) in [7, 11) is -3.45. The highest BCUT2D eigenvalue weighted by Gasteiger charge is 2.25. The van der Waals surface area contributed by atoms with E-state index in [1.165, 1.54) is 19.0 Å². The number of hydrogen-bond acceptors (Lipinski definition) is 4. The number of hydrogen-bond donors (Lipinski definition) is 2. The number of aromatic nitrogens is 1. The first-order valence-electron chi connectivity index (χ1n) is 6.67. The van der Waals surface area contributed by atoms with Crippen LogP contribution in [0, 0.1) is 11.8 Å². The smallest absolute Gasteiger partial charge is 0.242 e. The maximum Gasteiger partial charge on any atom is 0.242 e. The van der Waals surface area contributed by atoms with Crippen molar-refractivity contribution < 1.29 is 8.42 Å². The van der Waals surface area contributed by atoms with Crippen LogP contribution in [0.25, 0.3) is 0 Å². The predicted octanol–water partition coefficient (Wildman–Crippen LogP) is 1.25. The molecule has 0 radical (unpaired) electrons. The lowest BCUT2D eigenvalue weighted by Crippen LogP contribution is -2.30. The van der Waals surface area contributed by atoms with Gasteiger partial charge in [-0.05, 0) is 30.4 Å². The van der Waals surface area contributed by atoms with Crippen molar-refractivity contribution in [2.24, 2.45) is 17.6 Å². The molecule has 106 valence electrons. The van der Waals surface area contributed by atoms with Crippen molar-refractivity contribution in [1.82, 2.24) is 9.71 Å². The molecule has 1 fully saturated rings. The van der Waals surface area contributed by atoms with Crippen molar-refractivity contribution in [3.05, 3.63) is 24.0 Å². The van der Waals surface area contributed by atoms with E-state index in [2.05, 4.69) is 16.6 Å². The van der Waals surface area contributed by atoms with Crippen LogP contribution in [-0.4, -0.2) is 19.9 Å². The molecule has 2 unspecified atom stereocenters. The van der Waals surface area contributed by atoms with Gasteiger partial charge in [-0.3, -0.25) is 4.98 Å². The molecule has 0 aromatic carbocycles. The van der Waals surface area contributed by atoms with Crippen LogP contribution in [0.4, 0.5) is 0 Å². The summed E-state index contributed by atoms with van der Waals surface area (Å²) in [5.41, 5.74) is 6.12. The Balaban J connectivity index is 2.01. The third-order valence-electron chi connectivity index (χ3n) is 3.89. The van der Waals surface area contributed by atoms with Crippen molar-refractivity contribution in [3.63, 3.8) is 0 Å². The summed E-state index contributed by atoms with van der Waals surface area (Å²) >= 11 is 0. The maximum absolute atomic E-state index is 12.1. The normalized spacial score (nSPS) is 23.7. The summed E-state index contributed by atoms with van der Waals surface area (Å²) in [5.74, 6) is 1.05. The van der Waals surface area contributed by atoms with E-state index in [4.69, 9.17) is 5.73 Å². The Hall–Kier alpha value is -0.980. The predicted molar refractivity (Wildman–Crippen MR) is 73.8 cm³/mol. The maximum atomic E-state index is 12.1. The first-order valence-corrected chi connectivity index (χ1v) is 8.16. The second-order valence-electron chi connectivity index (χ2n) is 5.21. The van der Waals surface area contributed by atoms with Gasteiger partial charge in [0.2, 0.25) is 10.0 Å². The molecule has 5 nitrogen and oxygen atoms in total. The fraction of sp³-hybridized carbons (Fsp3) is 0.615. The van der Waals surface area contributed by atoms with E-state index in [0.29, 0.717) is 30.6 Å². The summed E-state index contributed by atoms with van der Waals surface area (Å²) in [4.78, 5) is 4.22. The lowest BCUT2D eigenvalue weighted by Gasteiger charge is -2.16. The number of nitrogens with zero attached hydrogens (tertiary/aromatic N) is 1. The minimum Gasteiger partial charge on any atom is -0.325 e. The summed E-state index contributed by atoms with van der Waals surface area (Å²) in [6.45, 7) is 3.01. The Morgan fingerprint density at radius 3 is 2.74 bits per heavy atom. The zero-order valence-corrected chi connectivity index (χ0v) is 12.0. The van der Waals surface area contributed by atoms with Gasteiger partial charge in [0.1, 0.15) is 4.90 Å². The van der Waals surface area contributed by atoms with Gasteiger partial charge in [0, 0.05) is 19.3 Å². The van der Waals surface area contributed by atoms with Crippen LogP contribution < -0.4 is 10.5 Å². The molecule has 2 rings (SSSR count). The van der Waals surface area contributed by atoms with Crippen LogP contribution in [0.2, 0.25) is 0 Å². The van der Waals surface area contributed by atoms with Gasteiger partial charge in [0.25, 0.3) is 0 Å². The number of pyridine rings is 1. The van der Waals surface area contributed by atoms with Crippen molar-refractivity contribution in [1.29, 1.82) is 0 Å². The molecule has 1 aliphatic rings. The van der Waals surface area contributed by atoms with Gasteiger partial charge in [0.05, 0.1) is 5.69 Å². The Bertz CT molecular complexity index is 513. The van der Waals surface area contributed by atoms with Gasteiger partial charge < -0.3 is 5.73 Å². The lowest BCUT2D eigenvalue weighted by atomic mass is 9.99. The summed E-state index contributed by atoms with van der Waals surface area (Å²) in [6, 6.07) is 3.20. The average Bonchev–Trinajstić information content (AvgIpc) is 2.82. The number of nitrogens with two attached hydrogens (primary N) is 1. The summed E-state index contributed by atoms with van der Waals surface area (Å²) in [5, 5.41) is 0. The SMILES string of the molecule is CC1CCCC1CNS(=O)(=O)c1ccc(CN)nc1. The van der Waals surface area contributed by atoms with Gasteiger partial charge in [-0.15, -0.1) is 0 Å². The third-order valence-corrected chi connectivity index (χ3v) is 5.30. The van der Waals surface area contributed by atoms with Gasteiger partial charge in [-0.2, -0.15) is 0 Å². The van der Waals surface area contributed by atoms with Gasteiger partial charge in [-0.25, -0.2) is 13.1 Å². The molecule has 1 aromatic rings. The molecule has 0 saturated heterocycles. The van der Waals surface area contributed by atoms with E-state index >= 15 is 0 Å². The van der Waals surface area contributed by atoms with E-state index in [1.54, 1.807) is 12.1 Å². The van der Waals surface area contributed by atoms with Crippen molar-refractivity contribution >= 4 is 10.0 Å². The van der Waals surface area contributed by atoms with Crippen molar-refractivity contribution in [3.8, 4) is 0 Å². The second kappa shape index (κ2) is 5.98. The molecule has 19 heavy (non-hydrogen) atoms. The van der Waals surface area contributed by atoms with Crippen LogP contribution in [0.15, 0.2) is 23.2 Å². The fourth-order valence-corrected chi connectivity index (χ4v) is 3.56. The first kappa shape index (κ1) is 14.4. The topological polar surface area (TPSA) is 85.1 Å². The standard InChI is InChI=1S/C13H21N3O2S/c1-10-3-2-4-11(10)8-16-19(17,18)13-6-5-12(7-14)15-9-13/h5-6,9-11,16H,2-4,7-8,14H2,1H3. The van der Waals surface area contributed by atoms with E-state index < -0.39 is 10.0 Å². The molecule has 0 spiro atoms. The summed E-state index contributed by atoms with van der Waals surface area (Å²) in [6.07, 6.45) is 4.86. The molecule has 1 aliphatic carbocycles. The van der Waals surface area contributed by atoms with E-state index in [-0.39, 0.29) is 4.90 Å². The summed E-state index contributed by atoms with van der Waals surface area (Å²) < 4.78 is 26.9. The van der Waals surface area contributed by atoms with Gasteiger partial charge in [-0.1, -0.05) is 19.8 Å². The van der Waals surface area contributed by atoms with E-state index in [9.17, 15) is 8.42 Å². The second-order valence-corrected chi connectivity index (χ2v) is 6.98. The van der Waals surface area contributed by atoms with Gasteiger partial charge >= 0.3 is 0 Å². The van der Waals surface area contributed by atoms with E-state index in [1.807, 2.05) is 0 Å². The molecule has 3 N–H and O–H groups in total. The molecule has 0 bridgehead atoms. The quantitative estimate of drug-likeness (QED) is 0.852. The number of rotatable bonds is 5. The zero-order chi connectivity index (χ0) is 13.9. The van der Waals surface area contributed by atoms with Crippen molar-refractivity contribution in [2.45, 2.75) is 37.6 Å². The molecule has 2 atom stereocenters. The Morgan fingerprint density at radius 2 is 2.21 bits per heavy atom. The molecule has 1 heterocycles. The molecule has 1 aromatic heterocycles. The monoisotopic (exact) mass is 283 g/mol. The van der Waals surface area contributed by atoms with Crippen LogP contribution in [-0.2, 0) is 16.6 Å². The van der Waals surface area contributed by atoms with Crippen LogP contribution in [0.5, 0.6) is 0 Å². The molecular weight excluding hydrogens is 262 g/mol. The average molecular weight is 283 g/mol. The molecule has 0 aliphatic heterocycles. The molecule has 1 saturated carbocycles. The molecule has 6 heteroatoms. The number of sulfonamides is 1. The van der Waals surface area contributed by atoms with Crippen molar-refractivity contribution in [2.75, 3.05) is 6.54 Å². The largest absolute Gasteiger partial charge is 0.325 e. The minimum absolute atomic E-state index is 0.204. The Morgan fingerprint density at radius 1 is 1.42 bits per heavy atom. The first-order chi connectivity index (χ1) is 9.03. The number of nitrogens with one attached hydrogen (secondary N) is 1. The fourth-order valence-electron chi connectivity index (χ4n) is 2.52. The van der Waals surface area contributed by atoms with Crippen LogP contribution >= 0.6 is 0 Å².